The average molecular weight is 402 g/mol. The summed E-state index contributed by atoms with van der Waals surface area (Å²) in [7, 11) is 1.88. The molecule has 21 heavy (non-hydrogen) atoms. The molecule has 0 aliphatic carbocycles. The topological polar surface area (TPSA) is 72.0 Å². The van der Waals surface area contributed by atoms with Crippen molar-refractivity contribution in [2.45, 2.75) is 18.0 Å². The maximum Gasteiger partial charge on any atom is -1.00 e. The zero-order valence-electron chi connectivity index (χ0n) is 12.0. The van der Waals surface area contributed by atoms with E-state index in [4.69, 9.17) is 0 Å². The Morgan fingerprint density at radius 2 is 1.81 bits per heavy atom. The van der Waals surface area contributed by atoms with Crippen LogP contribution < -0.4 is 17.1 Å². The normalized spacial score (nSPS) is 14.0. The number of nitrogens with zero attached hydrogens (tertiary/aromatic N) is 3. The van der Waals surface area contributed by atoms with Crippen molar-refractivity contribution in [1.29, 1.82) is 0 Å². The third-order valence-corrected chi connectivity index (χ3v) is 5.77. The van der Waals surface area contributed by atoms with Gasteiger partial charge in [0.15, 0.2) is 0 Å². The Kier molecular flexibility index (Phi) is 5.52. The van der Waals surface area contributed by atoms with Gasteiger partial charge in [-0.05, 0) is 0 Å². The smallest absolute Gasteiger partial charge is 1.00 e. The first-order chi connectivity index (χ1) is 9.13. The van der Waals surface area contributed by atoms with Gasteiger partial charge in [-0.25, -0.2) is 0 Å². The van der Waals surface area contributed by atoms with Crippen LogP contribution in [0.5, 0.6) is 0 Å². The Bertz CT molecular complexity index is 744. The Morgan fingerprint density at radius 3 is 2.38 bits per heavy atom. The van der Waals surface area contributed by atoms with Crippen LogP contribution in [0.25, 0.3) is 11.0 Å². The van der Waals surface area contributed by atoms with Gasteiger partial charge in [0.2, 0.25) is 0 Å². The van der Waals surface area contributed by atoms with Crippen LogP contribution in [0, 0.1) is 5.82 Å². The molecule has 118 valence electrons. The van der Waals surface area contributed by atoms with Gasteiger partial charge in [0, 0.05) is 0 Å². The first-order valence-corrected chi connectivity index (χ1v) is 8.88. The molecular formula is C11H16ClFN4O2SSe. The molecule has 6 nitrogen and oxygen atoms in total. The minimum absolute atomic E-state index is 0. The van der Waals surface area contributed by atoms with E-state index < -0.39 is 30.8 Å². The van der Waals surface area contributed by atoms with Crippen LogP contribution in [0.4, 0.5) is 4.39 Å². The van der Waals surface area contributed by atoms with E-state index >= 15 is 0 Å². The first kappa shape index (κ1) is 18.5. The molecule has 0 spiro atoms. The molecule has 1 atom stereocenters. The zero-order chi connectivity index (χ0) is 15.1. The Balaban J connectivity index is 0.00000220. The van der Waals surface area contributed by atoms with Crippen LogP contribution in [0.1, 0.15) is 6.92 Å². The molecule has 10 heteroatoms. The Labute approximate surface area is 135 Å². The van der Waals surface area contributed by atoms with Gasteiger partial charge in [-0.1, -0.05) is 0 Å². The van der Waals surface area contributed by atoms with E-state index in [1.807, 2.05) is 21.1 Å². The number of quaternary nitrogens is 1. The fourth-order valence-corrected chi connectivity index (χ4v) is 4.32. The third kappa shape index (κ3) is 3.80. The zero-order valence-corrected chi connectivity index (χ0v) is 15.2. The summed E-state index contributed by atoms with van der Waals surface area (Å²) >= 11 is -0.486. The molecule has 0 aliphatic heterocycles. The Morgan fingerprint density at radius 1 is 1.24 bits per heavy atom. The molecule has 0 bridgehead atoms. The van der Waals surface area contributed by atoms with Crippen LogP contribution in [0.2, 0.25) is 0 Å². The number of sulfonamides is 1. The molecule has 2 rings (SSSR count). The molecule has 2 aromatic rings. The fourth-order valence-electron chi connectivity index (χ4n) is 1.48. The van der Waals surface area contributed by atoms with Crippen LogP contribution in [-0.2, 0) is 10.0 Å². The van der Waals surface area contributed by atoms with Gasteiger partial charge in [0.05, 0.1) is 0 Å². The monoisotopic (exact) mass is 402 g/mol. The summed E-state index contributed by atoms with van der Waals surface area (Å²) < 4.78 is 49.4. The molecule has 0 saturated heterocycles. The summed E-state index contributed by atoms with van der Waals surface area (Å²) in [6.45, 7) is 1.77. The van der Waals surface area contributed by atoms with Gasteiger partial charge in [-0.3, -0.25) is 0 Å². The number of hydrogen-bond acceptors (Lipinski definition) is 4. The van der Waals surface area contributed by atoms with Crippen LogP contribution in [0.3, 0.4) is 0 Å². The van der Waals surface area contributed by atoms with Crippen LogP contribution >= 0.6 is 0 Å². The van der Waals surface area contributed by atoms with E-state index in [0.29, 0.717) is 4.48 Å². The second-order valence-corrected chi connectivity index (χ2v) is 8.21. The molecule has 1 aromatic carbocycles. The summed E-state index contributed by atoms with van der Waals surface area (Å²) in [5.41, 5.74) is 0.178. The van der Waals surface area contributed by atoms with Gasteiger partial charge in [0.25, 0.3) is 0 Å². The summed E-state index contributed by atoms with van der Waals surface area (Å²) in [4.78, 5) is -0.0164. The number of nitrogens with one attached hydrogen (secondary N) is 1. The van der Waals surface area contributed by atoms with Crippen molar-refractivity contribution in [3.05, 3.63) is 17.9 Å². The summed E-state index contributed by atoms with van der Waals surface area (Å²) in [5, 5.41) is 0. The quantitative estimate of drug-likeness (QED) is 0.340. The number of hydrogen-bond donors (Lipinski definition) is 1. The van der Waals surface area contributed by atoms with Gasteiger partial charge in [-0.15, -0.1) is 0 Å². The number of halogens is 2. The molecule has 1 heterocycles. The largest absolute Gasteiger partial charge is 1.00 e. The molecule has 0 amide bonds. The maximum absolute atomic E-state index is 13.5. The molecule has 0 aliphatic rings. The van der Waals surface area contributed by atoms with E-state index in [1.54, 1.807) is 6.92 Å². The minimum atomic E-state index is -3.76. The van der Waals surface area contributed by atoms with Crippen molar-refractivity contribution in [3.8, 4) is 0 Å². The van der Waals surface area contributed by atoms with Crippen molar-refractivity contribution < 1.29 is 29.7 Å². The van der Waals surface area contributed by atoms with Crippen LogP contribution in [0.15, 0.2) is 17.0 Å². The van der Waals surface area contributed by atoms with Crippen molar-refractivity contribution >= 4 is 36.0 Å². The standard InChI is InChI=1S/C11H16FN4O2SSe.ClH/c1-7(16(2,3)4)13-19(17,18)9-6-5-8(12)10-11(9)15-20-14-10;/h5-7,13H,1-4H3;1H/q+1;/p-1. The maximum atomic E-state index is 13.5. The first-order valence-electron chi connectivity index (χ1n) is 5.87. The van der Waals surface area contributed by atoms with Crippen molar-refractivity contribution in [2.75, 3.05) is 21.1 Å². The predicted octanol–water partition coefficient (Wildman–Crippen LogP) is -2.84. The predicted molar refractivity (Wildman–Crippen MR) is 74.3 cm³/mol. The van der Waals surface area contributed by atoms with Crippen LogP contribution in [-0.4, -0.2) is 63.1 Å². The minimum Gasteiger partial charge on any atom is -1.00 e. The Hall–Kier alpha value is -0.571. The molecule has 1 N–H and O–H groups in total. The van der Waals surface area contributed by atoms with Gasteiger partial charge in [-0.2, -0.15) is 0 Å². The van der Waals surface area contributed by atoms with Crippen molar-refractivity contribution in [1.82, 2.24) is 12.7 Å². The number of aromatic nitrogens is 2. The fraction of sp³-hybridized carbons (Fsp3) is 0.455. The SMILES string of the molecule is CC(NS(=O)(=O)c1ccc(F)c2n[se]nc12)[N+](C)(C)C.[Cl-]. The van der Waals surface area contributed by atoms with Gasteiger partial charge < -0.3 is 12.4 Å². The van der Waals surface area contributed by atoms with E-state index in [2.05, 4.69) is 12.7 Å². The second kappa shape index (κ2) is 6.27. The van der Waals surface area contributed by atoms with E-state index in [9.17, 15) is 12.8 Å². The molecule has 0 radical (unpaired) electrons. The molecule has 0 saturated carbocycles. The van der Waals surface area contributed by atoms with Gasteiger partial charge in [0.1, 0.15) is 0 Å². The number of rotatable bonds is 4. The van der Waals surface area contributed by atoms with E-state index in [0.717, 1.165) is 6.07 Å². The van der Waals surface area contributed by atoms with E-state index in [1.165, 1.54) is 6.07 Å². The van der Waals surface area contributed by atoms with Gasteiger partial charge >= 0.3 is 123 Å². The summed E-state index contributed by atoms with van der Waals surface area (Å²) in [6.07, 6.45) is -0.329. The summed E-state index contributed by atoms with van der Waals surface area (Å²) in [5.74, 6) is -0.540. The van der Waals surface area contributed by atoms with E-state index in [-0.39, 0.29) is 34.5 Å². The second-order valence-electron chi connectivity index (χ2n) is 5.42. The number of benzene rings is 1. The molecular weight excluding hydrogens is 386 g/mol. The number of fused-ring (bicyclic) bond motifs is 1. The molecule has 1 unspecified atom stereocenters. The average Bonchev–Trinajstić information content (AvgIpc) is 2.76. The molecule has 1 aromatic heterocycles. The third-order valence-electron chi connectivity index (χ3n) is 3.11. The summed E-state index contributed by atoms with van der Waals surface area (Å²) in [6, 6.07) is 2.35. The van der Waals surface area contributed by atoms with Crippen molar-refractivity contribution in [2.24, 2.45) is 0 Å². The molecule has 0 fully saturated rings. The van der Waals surface area contributed by atoms with Crippen molar-refractivity contribution in [3.63, 3.8) is 0 Å².